The second kappa shape index (κ2) is 2.51. The van der Waals surface area contributed by atoms with Crippen LogP contribution in [0.15, 0.2) is 0 Å². The lowest BCUT2D eigenvalue weighted by Gasteiger charge is -2.42. The van der Waals surface area contributed by atoms with Gasteiger partial charge >= 0.3 is 0 Å². The molecule has 0 radical (unpaired) electrons. The van der Waals surface area contributed by atoms with Crippen LogP contribution in [0, 0.1) is 0 Å². The summed E-state index contributed by atoms with van der Waals surface area (Å²) in [6, 6.07) is 0. The number of likely N-dealkylation sites (N-methyl/N-ethyl adjacent to an activating group) is 1. The first-order valence-corrected chi connectivity index (χ1v) is 3.59. The third-order valence-corrected chi connectivity index (χ3v) is 2.62. The predicted molar refractivity (Wildman–Crippen MR) is 44.1 cm³/mol. The van der Waals surface area contributed by atoms with Gasteiger partial charge in [0.2, 0.25) is 0 Å². The molecule has 0 aromatic carbocycles. The lowest BCUT2D eigenvalue weighted by molar-refractivity contribution is -0.0531. The molecule has 0 aromatic heterocycles. The van der Waals surface area contributed by atoms with Crippen molar-refractivity contribution in [1.29, 1.82) is 0 Å². The van der Waals surface area contributed by atoms with E-state index in [2.05, 4.69) is 0 Å². The highest BCUT2D eigenvalue weighted by Crippen LogP contribution is 2.24. The SMILES string of the molecule is CN(C)C(C)(C)C(C)(C)O. The third kappa shape index (κ3) is 1.70. The molecule has 2 nitrogen and oxygen atoms in total. The van der Waals surface area contributed by atoms with E-state index in [4.69, 9.17) is 0 Å². The zero-order valence-electron chi connectivity index (χ0n) is 7.89. The number of hydrogen-bond donors (Lipinski definition) is 1. The lowest BCUT2D eigenvalue weighted by atomic mass is 9.85. The largest absolute Gasteiger partial charge is 0.389 e. The van der Waals surface area contributed by atoms with Gasteiger partial charge in [0.25, 0.3) is 0 Å². The first-order valence-electron chi connectivity index (χ1n) is 3.59. The number of hydrogen-bond acceptors (Lipinski definition) is 2. The van der Waals surface area contributed by atoms with Gasteiger partial charge in [-0.25, -0.2) is 0 Å². The molecule has 10 heavy (non-hydrogen) atoms. The Bertz CT molecular complexity index is 111. The van der Waals surface area contributed by atoms with E-state index >= 15 is 0 Å². The van der Waals surface area contributed by atoms with Gasteiger partial charge in [-0.1, -0.05) is 0 Å². The molecule has 1 N–H and O–H groups in total. The van der Waals surface area contributed by atoms with E-state index in [1.165, 1.54) is 0 Å². The molecule has 0 unspecified atom stereocenters. The molecular formula is C8H19NO. The van der Waals surface area contributed by atoms with Crippen LogP contribution in [0.1, 0.15) is 27.7 Å². The Hall–Kier alpha value is -0.0800. The Morgan fingerprint density at radius 2 is 1.30 bits per heavy atom. The van der Waals surface area contributed by atoms with Gasteiger partial charge in [0, 0.05) is 5.54 Å². The average Bonchev–Trinajstić information content (AvgIpc) is 1.62. The molecule has 0 saturated heterocycles. The first kappa shape index (κ1) is 9.92. The summed E-state index contributed by atoms with van der Waals surface area (Å²) in [6.07, 6.45) is 0. The molecular weight excluding hydrogens is 126 g/mol. The summed E-state index contributed by atoms with van der Waals surface area (Å²) in [5.74, 6) is 0. The van der Waals surface area contributed by atoms with Crippen LogP contribution in [-0.2, 0) is 0 Å². The molecule has 0 heterocycles. The zero-order valence-corrected chi connectivity index (χ0v) is 7.89. The van der Waals surface area contributed by atoms with Crippen LogP contribution in [0.3, 0.4) is 0 Å². The average molecular weight is 145 g/mol. The maximum absolute atomic E-state index is 9.67. The minimum absolute atomic E-state index is 0.174. The molecule has 0 fully saturated rings. The zero-order chi connectivity index (χ0) is 8.58. The predicted octanol–water partition coefficient (Wildman–Crippen LogP) is 1.10. The van der Waals surface area contributed by atoms with E-state index < -0.39 is 5.60 Å². The van der Waals surface area contributed by atoms with E-state index in [0.717, 1.165) is 0 Å². The standard InChI is InChI=1S/C8H19NO/c1-7(2,9(5)6)8(3,4)10/h10H,1-6H3. The van der Waals surface area contributed by atoms with Crippen molar-refractivity contribution in [2.45, 2.75) is 38.8 Å². The van der Waals surface area contributed by atoms with E-state index in [1.807, 2.05) is 46.7 Å². The minimum atomic E-state index is -0.656. The second-order valence-corrected chi connectivity index (χ2v) is 4.01. The summed E-state index contributed by atoms with van der Waals surface area (Å²) >= 11 is 0. The molecule has 0 atom stereocenters. The van der Waals surface area contributed by atoms with Crippen LogP contribution >= 0.6 is 0 Å². The summed E-state index contributed by atoms with van der Waals surface area (Å²) < 4.78 is 0. The fraction of sp³-hybridized carbons (Fsp3) is 1.00. The molecule has 0 spiro atoms. The summed E-state index contributed by atoms with van der Waals surface area (Å²) in [5.41, 5.74) is -0.830. The van der Waals surface area contributed by atoms with Crippen LogP contribution < -0.4 is 0 Å². The van der Waals surface area contributed by atoms with Gasteiger partial charge in [-0.05, 0) is 41.8 Å². The van der Waals surface area contributed by atoms with Crippen molar-refractivity contribution in [3.8, 4) is 0 Å². The fourth-order valence-electron chi connectivity index (χ4n) is 0.547. The molecule has 0 saturated carbocycles. The first-order chi connectivity index (χ1) is 4.19. The Morgan fingerprint density at radius 1 is 1.00 bits per heavy atom. The van der Waals surface area contributed by atoms with Gasteiger partial charge in [-0.3, -0.25) is 0 Å². The maximum atomic E-state index is 9.67. The van der Waals surface area contributed by atoms with E-state index in [-0.39, 0.29) is 5.54 Å². The third-order valence-electron chi connectivity index (χ3n) is 2.62. The van der Waals surface area contributed by atoms with E-state index in [0.29, 0.717) is 0 Å². The minimum Gasteiger partial charge on any atom is -0.389 e. The number of nitrogens with zero attached hydrogens (tertiary/aromatic N) is 1. The summed E-state index contributed by atoms with van der Waals surface area (Å²) in [7, 11) is 3.94. The maximum Gasteiger partial charge on any atom is 0.0768 e. The smallest absolute Gasteiger partial charge is 0.0768 e. The van der Waals surface area contributed by atoms with Crippen molar-refractivity contribution in [2.75, 3.05) is 14.1 Å². The molecule has 62 valence electrons. The highest BCUT2D eigenvalue weighted by Gasteiger charge is 2.36. The Labute approximate surface area is 63.8 Å². The quantitative estimate of drug-likeness (QED) is 0.629. The molecule has 0 aliphatic carbocycles. The van der Waals surface area contributed by atoms with Gasteiger partial charge < -0.3 is 10.0 Å². The Kier molecular flexibility index (Phi) is 2.49. The Balaban J connectivity index is 4.40. The second-order valence-electron chi connectivity index (χ2n) is 4.01. The lowest BCUT2D eigenvalue weighted by Crippen LogP contribution is -2.54. The van der Waals surface area contributed by atoms with Crippen molar-refractivity contribution >= 4 is 0 Å². The van der Waals surface area contributed by atoms with Gasteiger partial charge in [0.1, 0.15) is 0 Å². The van der Waals surface area contributed by atoms with Crippen molar-refractivity contribution < 1.29 is 5.11 Å². The molecule has 0 bridgehead atoms. The monoisotopic (exact) mass is 145 g/mol. The van der Waals surface area contributed by atoms with Crippen LogP contribution in [0.4, 0.5) is 0 Å². The van der Waals surface area contributed by atoms with Crippen molar-refractivity contribution in [3.63, 3.8) is 0 Å². The van der Waals surface area contributed by atoms with Crippen LogP contribution in [-0.4, -0.2) is 35.2 Å². The molecule has 0 aliphatic heterocycles. The molecule has 0 aromatic rings. The molecule has 0 aliphatic rings. The molecule has 0 rings (SSSR count). The fourth-order valence-corrected chi connectivity index (χ4v) is 0.547. The summed E-state index contributed by atoms with van der Waals surface area (Å²) in [5, 5.41) is 9.67. The van der Waals surface area contributed by atoms with Gasteiger partial charge in [-0.2, -0.15) is 0 Å². The van der Waals surface area contributed by atoms with Gasteiger partial charge in [-0.15, -0.1) is 0 Å². The highest BCUT2D eigenvalue weighted by molar-refractivity contribution is 4.92. The highest BCUT2D eigenvalue weighted by atomic mass is 16.3. The van der Waals surface area contributed by atoms with Gasteiger partial charge in [0.15, 0.2) is 0 Å². The molecule has 0 amide bonds. The number of aliphatic hydroxyl groups is 1. The van der Waals surface area contributed by atoms with Crippen LogP contribution in [0.2, 0.25) is 0 Å². The van der Waals surface area contributed by atoms with Crippen molar-refractivity contribution in [2.24, 2.45) is 0 Å². The van der Waals surface area contributed by atoms with Crippen LogP contribution in [0.25, 0.3) is 0 Å². The summed E-state index contributed by atoms with van der Waals surface area (Å²) in [4.78, 5) is 2.02. The number of rotatable bonds is 2. The Morgan fingerprint density at radius 3 is 1.30 bits per heavy atom. The topological polar surface area (TPSA) is 23.5 Å². The molecule has 2 heteroatoms. The van der Waals surface area contributed by atoms with Crippen LogP contribution in [0.5, 0.6) is 0 Å². The van der Waals surface area contributed by atoms with Gasteiger partial charge in [0.05, 0.1) is 5.60 Å². The van der Waals surface area contributed by atoms with Crippen molar-refractivity contribution in [3.05, 3.63) is 0 Å². The van der Waals surface area contributed by atoms with Crippen molar-refractivity contribution in [1.82, 2.24) is 4.90 Å². The normalized spacial score (nSPS) is 14.4. The van der Waals surface area contributed by atoms with E-state index in [9.17, 15) is 5.11 Å². The van der Waals surface area contributed by atoms with E-state index in [1.54, 1.807) is 0 Å². The summed E-state index contributed by atoms with van der Waals surface area (Å²) in [6.45, 7) is 7.69.